The number of carbonyl (C=O) groups excluding carboxylic acids is 1. The molecule has 19 heavy (non-hydrogen) atoms. The van der Waals surface area contributed by atoms with E-state index in [-0.39, 0.29) is 17.4 Å². The summed E-state index contributed by atoms with van der Waals surface area (Å²) >= 11 is 3.42. The lowest BCUT2D eigenvalue weighted by Gasteiger charge is -2.33. The second-order valence-electron chi connectivity index (χ2n) is 4.87. The van der Waals surface area contributed by atoms with E-state index in [0.717, 1.165) is 24.3 Å². The summed E-state index contributed by atoms with van der Waals surface area (Å²) in [6.07, 6.45) is 1.79. The van der Waals surface area contributed by atoms with E-state index in [1.807, 2.05) is 18.7 Å². The van der Waals surface area contributed by atoms with Crippen LogP contribution in [0.15, 0.2) is 0 Å². The van der Waals surface area contributed by atoms with E-state index < -0.39 is 12.0 Å². The first-order chi connectivity index (χ1) is 9.06. The molecule has 2 fully saturated rings. The smallest absolute Gasteiger partial charge is 0.327 e. The van der Waals surface area contributed by atoms with Gasteiger partial charge in [0.05, 0.1) is 5.37 Å². The Morgan fingerprint density at radius 3 is 2.68 bits per heavy atom. The van der Waals surface area contributed by atoms with Gasteiger partial charge in [0, 0.05) is 24.6 Å². The van der Waals surface area contributed by atoms with Crippen molar-refractivity contribution in [3.63, 3.8) is 0 Å². The molecule has 0 bridgehead atoms. The molecule has 3 atom stereocenters. The SMILES string of the molecule is CCC1SCC(C(=O)O)N1C(=O)N(C)C1CCSC1. The maximum Gasteiger partial charge on any atom is 0.327 e. The summed E-state index contributed by atoms with van der Waals surface area (Å²) in [4.78, 5) is 27.2. The maximum atomic E-state index is 12.6. The van der Waals surface area contributed by atoms with Crippen molar-refractivity contribution in [2.24, 2.45) is 0 Å². The van der Waals surface area contributed by atoms with E-state index in [1.165, 1.54) is 0 Å². The zero-order chi connectivity index (χ0) is 14.0. The zero-order valence-corrected chi connectivity index (χ0v) is 12.9. The Kier molecular flexibility index (Phi) is 4.89. The number of rotatable bonds is 3. The lowest BCUT2D eigenvalue weighted by atomic mass is 10.2. The average molecular weight is 304 g/mol. The zero-order valence-electron chi connectivity index (χ0n) is 11.2. The van der Waals surface area contributed by atoms with E-state index in [9.17, 15) is 14.7 Å². The molecule has 108 valence electrons. The molecular formula is C12H20N2O3S2. The Morgan fingerprint density at radius 2 is 2.16 bits per heavy atom. The third kappa shape index (κ3) is 2.97. The van der Waals surface area contributed by atoms with E-state index >= 15 is 0 Å². The van der Waals surface area contributed by atoms with Crippen LogP contribution in [-0.2, 0) is 4.79 Å². The van der Waals surface area contributed by atoms with Crippen LogP contribution < -0.4 is 0 Å². The predicted molar refractivity (Wildman–Crippen MR) is 78.7 cm³/mol. The topological polar surface area (TPSA) is 60.9 Å². The molecule has 2 amide bonds. The molecule has 1 N–H and O–H groups in total. The number of urea groups is 1. The highest BCUT2D eigenvalue weighted by Gasteiger charge is 2.43. The number of hydrogen-bond acceptors (Lipinski definition) is 4. The van der Waals surface area contributed by atoms with Gasteiger partial charge in [0.2, 0.25) is 0 Å². The second-order valence-corrected chi connectivity index (χ2v) is 7.23. The van der Waals surface area contributed by atoms with Crippen molar-refractivity contribution in [2.75, 3.05) is 24.3 Å². The van der Waals surface area contributed by atoms with Gasteiger partial charge in [-0.05, 0) is 18.6 Å². The molecule has 0 aromatic heterocycles. The Hall–Kier alpha value is -0.560. The van der Waals surface area contributed by atoms with Crippen molar-refractivity contribution < 1.29 is 14.7 Å². The first-order valence-electron chi connectivity index (χ1n) is 6.53. The van der Waals surface area contributed by atoms with Crippen LogP contribution in [0.1, 0.15) is 19.8 Å². The molecule has 2 heterocycles. The van der Waals surface area contributed by atoms with Crippen LogP contribution in [0.4, 0.5) is 4.79 Å². The fourth-order valence-electron chi connectivity index (χ4n) is 2.49. The quantitative estimate of drug-likeness (QED) is 0.861. The highest BCUT2D eigenvalue weighted by atomic mass is 32.2. The van der Waals surface area contributed by atoms with Gasteiger partial charge >= 0.3 is 12.0 Å². The van der Waals surface area contributed by atoms with Crippen molar-refractivity contribution >= 4 is 35.5 Å². The summed E-state index contributed by atoms with van der Waals surface area (Å²) in [7, 11) is 1.80. The molecule has 0 radical (unpaired) electrons. The third-order valence-corrected chi connectivity index (χ3v) is 6.30. The van der Waals surface area contributed by atoms with Gasteiger partial charge in [-0.3, -0.25) is 4.90 Å². The van der Waals surface area contributed by atoms with Crippen LogP contribution in [0.25, 0.3) is 0 Å². The molecule has 0 saturated carbocycles. The van der Waals surface area contributed by atoms with E-state index in [1.54, 1.807) is 28.6 Å². The number of thioether (sulfide) groups is 2. The molecule has 2 rings (SSSR count). The van der Waals surface area contributed by atoms with Gasteiger partial charge < -0.3 is 10.0 Å². The largest absolute Gasteiger partial charge is 0.480 e. The van der Waals surface area contributed by atoms with Crippen molar-refractivity contribution in [1.29, 1.82) is 0 Å². The molecule has 0 aliphatic carbocycles. The second kappa shape index (κ2) is 6.26. The van der Waals surface area contributed by atoms with Crippen molar-refractivity contribution in [3.05, 3.63) is 0 Å². The summed E-state index contributed by atoms with van der Waals surface area (Å²) in [6.45, 7) is 1.99. The standard InChI is InChI=1S/C12H20N2O3S2/c1-3-10-14(9(7-19-10)11(15)16)12(17)13(2)8-4-5-18-6-8/h8-10H,3-7H2,1-2H3,(H,15,16). The van der Waals surface area contributed by atoms with Crippen LogP contribution in [0.3, 0.4) is 0 Å². The molecule has 0 spiro atoms. The molecule has 0 aromatic rings. The van der Waals surface area contributed by atoms with Crippen molar-refractivity contribution in [3.8, 4) is 0 Å². The number of carboxylic acid groups (broad SMARTS) is 1. The Morgan fingerprint density at radius 1 is 1.42 bits per heavy atom. The molecule has 7 heteroatoms. The summed E-state index contributed by atoms with van der Waals surface area (Å²) < 4.78 is 0. The van der Waals surface area contributed by atoms with Gasteiger partial charge in [0.15, 0.2) is 0 Å². The number of carbonyl (C=O) groups is 2. The summed E-state index contributed by atoms with van der Waals surface area (Å²) in [6, 6.07) is -0.564. The highest BCUT2D eigenvalue weighted by Crippen LogP contribution is 2.33. The van der Waals surface area contributed by atoms with E-state index in [2.05, 4.69) is 0 Å². The fraction of sp³-hybridized carbons (Fsp3) is 0.833. The lowest BCUT2D eigenvalue weighted by molar-refractivity contribution is -0.141. The van der Waals surface area contributed by atoms with Crippen molar-refractivity contribution in [1.82, 2.24) is 9.80 Å². The van der Waals surface area contributed by atoms with Gasteiger partial charge in [0.25, 0.3) is 0 Å². The van der Waals surface area contributed by atoms with Crippen LogP contribution in [0, 0.1) is 0 Å². The lowest BCUT2D eigenvalue weighted by Crippen LogP contribution is -2.53. The number of hydrogen-bond donors (Lipinski definition) is 1. The summed E-state index contributed by atoms with van der Waals surface area (Å²) in [5.74, 6) is 1.63. The normalized spacial score (nSPS) is 30.6. The molecule has 5 nitrogen and oxygen atoms in total. The first-order valence-corrected chi connectivity index (χ1v) is 8.73. The van der Waals surface area contributed by atoms with Crippen LogP contribution in [-0.4, -0.2) is 68.7 Å². The van der Waals surface area contributed by atoms with E-state index in [0.29, 0.717) is 5.75 Å². The minimum absolute atomic E-state index is 0.00916. The molecular weight excluding hydrogens is 284 g/mol. The number of nitrogens with zero attached hydrogens (tertiary/aromatic N) is 2. The van der Waals surface area contributed by atoms with Gasteiger partial charge in [-0.25, -0.2) is 9.59 Å². The minimum atomic E-state index is -0.897. The monoisotopic (exact) mass is 304 g/mol. The third-order valence-electron chi connectivity index (χ3n) is 3.70. The van der Waals surface area contributed by atoms with Crippen molar-refractivity contribution in [2.45, 2.75) is 37.2 Å². The molecule has 3 unspecified atom stereocenters. The number of aliphatic carboxylic acids is 1. The van der Waals surface area contributed by atoms with E-state index in [4.69, 9.17) is 0 Å². The van der Waals surface area contributed by atoms with Gasteiger partial charge in [-0.1, -0.05) is 6.92 Å². The number of amides is 2. The predicted octanol–water partition coefficient (Wildman–Crippen LogP) is 1.78. The van der Waals surface area contributed by atoms with Crippen LogP contribution in [0.5, 0.6) is 0 Å². The minimum Gasteiger partial charge on any atom is -0.480 e. The molecule has 0 aromatic carbocycles. The fourth-order valence-corrected chi connectivity index (χ4v) is 5.10. The number of carboxylic acids is 1. The average Bonchev–Trinajstić information content (AvgIpc) is 3.05. The Labute approximate surface area is 122 Å². The first kappa shape index (κ1) is 14.8. The molecule has 2 aliphatic rings. The van der Waals surface area contributed by atoms with Gasteiger partial charge in [-0.2, -0.15) is 11.8 Å². The molecule has 2 saturated heterocycles. The van der Waals surface area contributed by atoms with Crippen LogP contribution >= 0.6 is 23.5 Å². The Balaban J connectivity index is 2.11. The molecule has 2 aliphatic heterocycles. The maximum absolute atomic E-state index is 12.6. The Bertz CT molecular complexity index is 361. The summed E-state index contributed by atoms with van der Waals surface area (Å²) in [5.41, 5.74) is 0. The highest BCUT2D eigenvalue weighted by molar-refractivity contribution is 8.00. The van der Waals surface area contributed by atoms with Gasteiger partial charge in [-0.15, -0.1) is 11.8 Å². The summed E-state index contributed by atoms with van der Waals surface area (Å²) in [5, 5.41) is 9.25. The van der Waals surface area contributed by atoms with Crippen LogP contribution in [0.2, 0.25) is 0 Å². The van der Waals surface area contributed by atoms with Gasteiger partial charge in [0.1, 0.15) is 6.04 Å².